The molecule has 7 heteroatoms. The molecule has 0 saturated carbocycles. The van der Waals surface area contributed by atoms with Crippen molar-refractivity contribution >= 4 is 5.82 Å². The summed E-state index contributed by atoms with van der Waals surface area (Å²) in [4.78, 5) is 13.1. The average Bonchev–Trinajstić information content (AvgIpc) is 2.82. The number of nitrogens with zero attached hydrogens (tertiary/aromatic N) is 5. The normalized spacial score (nSPS) is 14.2. The van der Waals surface area contributed by atoms with Gasteiger partial charge in [-0.05, 0) is 29.2 Å². The van der Waals surface area contributed by atoms with Crippen LogP contribution in [0.4, 0.5) is 5.82 Å². The van der Waals surface area contributed by atoms with Crippen molar-refractivity contribution in [1.29, 1.82) is 5.26 Å². The third-order valence-electron chi connectivity index (χ3n) is 5.32. The van der Waals surface area contributed by atoms with Crippen LogP contribution < -0.4 is 15.5 Å². The zero-order chi connectivity index (χ0) is 23.5. The molecule has 0 radical (unpaired) electrons. The van der Waals surface area contributed by atoms with Gasteiger partial charge in [-0.2, -0.15) is 5.26 Å². The SMILES string of the molecule is CC(C)(C)CN(Cc1ccc(C#CCNCCN2CCNCC2)cc1)c1ccnc(C#N)n1. The molecule has 0 atom stereocenters. The fourth-order valence-electron chi connectivity index (χ4n) is 3.75. The molecule has 1 aromatic heterocycles. The van der Waals surface area contributed by atoms with E-state index < -0.39 is 0 Å². The molecule has 1 fully saturated rings. The highest BCUT2D eigenvalue weighted by Crippen LogP contribution is 2.22. The van der Waals surface area contributed by atoms with Crippen molar-refractivity contribution in [2.24, 2.45) is 5.41 Å². The van der Waals surface area contributed by atoms with Crippen molar-refractivity contribution < 1.29 is 0 Å². The Kier molecular flexibility index (Phi) is 9.21. The highest BCUT2D eigenvalue weighted by molar-refractivity contribution is 5.42. The van der Waals surface area contributed by atoms with Gasteiger partial charge in [-0.25, -0.2) is 9.97 Å². The van der Waals surface area contributed by atoms with E-state index in [1.807, 2.05) is 12.1 Å². The van der Waals surface area contributed by atoms with E-state index in [9.17, 15) is 0 Å². The molecule has 0 unspecified atom stereocenters. The summed E-state index contributed by atoms with van der Waals surface area (Å²) in [6.07, 6.45) is 1.65. The van der Waals surface area contributed by atoms with Gasteiger partial charge in [0.2, 0.25) is 5.82 Å². The molecule has 7 nitrogen and oxygen atoms in total. The Morgan fingerprint density at radius 2 is 1.91 bits per heavy atom. The van der Waals surface area contributed by atoms with Crippen molar-refractivity contribution in [2.75, 3.05) is 57.3 Å². The average molecular weight is 446 g/mol. The van der Waals surface area contributed by atoms with Crippen LogP contribution >= 0.6 is 0 Å². The molecule has 1 aliphatic heterocycles. The van der Waals surface area contributed by atoms with Gasteiger partial charge in [0, 0.05) is 64.1 Å². The molecule has 0 spiro atoms. The first-order chi connectivity index (χ1) is 15.9. The second kappa shape index (κ2) is 12.3. The summed E-state index contributed by atoms with van der Waals surface area (Å²) >= 11 is 0. The highest BCUT2D eigenvalue weighted by Gasteiger charge is 2.19. The predicted octanol–water partition coefficient (Wildman–Crippen LogP) is 2.25. The molecule has 2 heterocycles. The Hall–Kier alpha value is -2.97. The third kappa shape index (κ3) is 8.82. The molecule has 1 saturated heterocycles. The summed E-state index contributed by atoms with van der Waals surface area (Å²) in [5.74, 6) is 7.43. The van der Waals surface area contributed by atoms with Gasteiger partial charge >= 0.3 is 0 Å². The van der Waals surface area contributed by atoms with Crippen LogP contribution in [0.15, 0.2) is 36.5 Å². The molecule has 2 N–H and O–H groups in total. The summed E-state index contributed by atoms with van der Waals surface area (Å²) in [5.41, 5.74) is 2.27. The van der Waals surface area contributed by atoms with Gasteiger partial charge in [-0.1, -0.05) is 44.7 Å². The summed E-state index contributed by atoms with van der Waals surface area (Å²) in [7, 11) is 0. The molecule has 0 aliphatic carbocycles. The van der Waals surface area contributed by atoms with E-state index in [-0.39, 0.29) is 11.2 Å². The Balaban J connectivity index is 1.53. The quantitative estimate of drug-likeness (QED) is 0.476. The second-order valence-electron chi connectivity index (χ2n) is 9.53. The summed E-state index contributed by atoms with van der Waals surface area (Å²) in [6, 6.07) is 12.3. The third-order valence-corrected chi connectivity index (χ3v) is 5.32. The van der Waals surface area contributed by atoms with Crippen LogP contribution in [0.5, 0.6) is 0 Å². The van der Waals surface area contributed by atoms with Crippen LogP contribution in [0.2, 0.25) is 0 Å². The molecule has 33 heavy (non-hydrogen) atoms. The lowest BCUT2D eigenvalue weighted by atomic mass is 9.95. The molecule has 174 valence electrons. The maximum Gasteiger partial charge on any atom is 0.234 e. The number of hydrogen-bond donors (Lipinski definition) is 2. The van der Waals surface area contributed by atoms with Gasteiger partial charge in [0.25, 0.3) is 0 Å². The van der Waals surface area contributed by atoms with Crippen LogP contribution in [-0.4, -0.2) is 67.2 Å². The number of hydrogen-bond acceptors (Lipinski definition) is 7. The Labute approximate surface area is 198 Å². The van der Waals surface area contributed by atoms with Crippen molar-refractivity contribution in [3.63, 3.8) is 0 Å². The van der Waals surface area contributed by atoms with Crippen LogP contribution in [0.25, 0.3) is 0 Å². The van der Waals surface area contributed by atoms with E-state index >= 15 is 0 Å². The minimum Gasteiger partial charge on any atom is -0.352 e. The second-order valence-corrected chi connectivity index (χ2v) is 9.53. The smallest absolute Gasteiger partial charge is 0.234 e. The molecule has 0 amide bonds. The number of aromatic nitrogens is 2. The fraction of sp³-hybridized carbons (Fsp3) is 0.500. The maximum absolute atomic E-state index is 9.16. The van der Waals surface area contributed by atoms with Crippen LogP contribution in [0.3, 0.4) is 0 Å². The topological polar surface area (TPSA) is 80.1 Å². The van der Waals surface area contributed by atoms with E-state index in [2.05, 4.69) is 87.3 Å². The first kappa shape index (κ1) is 24.7. The Bertz CT molecular complexity index is 971. The first-order valence-corrected chi connectivity index (χ1v) is 11.6. The van der Waals surface area contributed by atoms with Crippen molar-refractivity contribution in [3.05, 3.63) is 53.5 Å². The van der Waals surface area contributed by atoms with E-state index in [0.29, 0.717) is 13.1 Å². The first-order valence-electron chi connectivity index (χ1n) is 11.6. The van der Waals surface area contributed by atoms with E-state index in [0.717, 1.165) is 57.2 Å². The molecule has 0 bridgehead atoms. The summed E-state index contributed by atoms with van der Waals surface area (Å²) < 4.78 is 0. The molecule has 1 aliphatic rings. The van der Waals surface area contributed by atoms with Gasteiger partial charge in [-0.3, -0.25) is 4.90 Å². The van der Waals surface area contributed by atoms with E-state index in [1.54, 1.807) is 6.20 Å². The molecular weight excluding hydrogens is 410 g/mol. The molecule has 2 aromatic rings. The number of nitrogens with one attached hydrogen (secondary N) is 2. The van der Waals surface area contributed by atoms with Gasteiger partial charge in [-0.15, -0.1) is 0 Å². The van der Waals surface area contributed by atoms with Crippen molar-refractivity contribution in [3.8, 4) is 17.9 Å². The number of benzene rings is 1. The van der Waals surface area contributed by atoms with Crippen LogP contribution in [0, 0.1) is 28.6 Å². The monoisotopic (exact) mass is 445 g/mol. The largest absolute Gasteiger partial charge is 0.352 e. The fourth-order valence-corrected chi connectivity index (χ4v) is 3.75. The number of anilines is 1. The van der Waals surface area contributed by atoms with Crippen molar-refractivity contribution in [2.45, 2.75) is 27.3 Å². The minimum absolute atomic E-state index is 0.0844. The number of piperazine rings is 1. The van der Waals surface area contributed by atoms with Gasteiger partial charge < -0.3 is 15.5 Å². The lowest BCUT2D eigenvalue weighted by Crippen LogP contribution is -2.45. The molecule has 1 aromatic carbocycles. The number of nitriles is 1. The predicted molar refractivity (Wildman–Crippen MR) is 133 cm³/mol. The molecular formula is C26H35N7. The minimum atomic E-state index is 0.0844. The van der Waals surface area contributed by atoms with Crippen LogP contribution in [-0.2, 0) is 6.54 Å². The lowest BCUT2D eigenvalue weighted by Gasteiger charge is -2.31. The summed E-state index contributed by atoms with van der Waals surface area (Å²) in [5, 5.41) is 15.9. The number of rotatable bonds is 8. The van der Waals surface area contributed by atoms with Gasteiger partial charge in [0.15, 0.2) is 0 Å². The zero-order valence-electron chi connectivity index (χ0n) is 20.1. The Morgan fingerprint density at radius 1 is 1.15 bits per heavy atom. The van der Waals surface area contributed by atoms with E-state index in [4.69, 9.17) is 5.26 Å². The summed E-state index contributed by atoms with van der Waals surface area (Å²) in [6.45, 7) is 15.3. The van der Waals surface area contributed by atoms with Crippen LogP contribution in [0.1, 0.15) is 37.7 Å². The lowest BCUT2D eigenvalue weighted by molar-refractivity contribution is 0.242. The highest BCUT2D eigenvalue weighted by atomic mass is 15.2. The van der Waals surface area contributed by atoms with Crippen molar-refractivity contribution in [1.82, 2.24) is 25.5 Å². The Morgan fingerprint density at radius 3 is 2.61 bits per heavy atom. The van der Waals surface area contributed by atoms with Gasteiger partial charge in [0.05, 0.1) is 6.54 Å². The van der Waals surface area contributed by atoms with E-state index in [1.165, 1.54) is 5.56 Å². The standard InChI is InChI=1S/C26H35N7/c1-26(2,3)21-33(25-10-12-30-24(19-27)31-25)20-23-8-6-22(7-9-23)5-4-11-28-13-16-32-17-14-29-15-18-32/h6-10,12,28-29H,11,13-18,20-21H2,1-3H3. The molecule has 3 rings (SSSR count). The maximum atomic E-state index is 9.16. The van der Waals surface area contributed by atoms with Gasteiger partial charge in [0.1, 0.15) is 11.9 Å². The zero-order valence-corrected chi connectivity index (χ0v) is 20.1.